The molecule has 0 aromatic rings. The highest BCUT2D eigenvalue weighted by Crippen LogP contribution is 2.56. The highest BCUT2D eigenvalue weighted by atomic mass is 16.3. The van der Waals surface area contributed by atoms with Crippen LogP contribution in [0.15, 0.2) is 0 Å². The standard InChI is InChI=1S/C10H16O/c11-10-2-1-8-3-7(5-10)4-9(8)6-10/h7-9,11H,1-6H2. The Hall–Kier alpha value is -0.0400. The highest BCUT2D eigenvalue weighted by molar-refractivity contribution is 5.02. The monoisotopic (exact) mass is 152 g/mol. The van der Waals surface area contributed by atoms with Crippen LogP contribution in [-0.4, -0.2) is 10.7 Å². The van der Waals surface area contributed by atoms with Crippen molar-refractivity contribution < 1.29 is 5.11 Å². The lowest BCUT2D eigenvalue weighted by atomic mass is 9.69. The van der Waals surface area contributed by atoms with E-state index < -0.39 is 0 Å². The van der Waals surface area contributed by atoms with Crippen molar-refractivity contribution in [3.63, 3.8) is 0 Å². The zero-order valence-corrected chi connectivity index (χ0v) is 6.92. The summed E-state index contributed by atoms with van der Waals surface area (Å²) < 4.78 is 0. The molecule has 11 heavy (non-hydrogen) atoms. The second kappa shape index (κ2) is 1.82. The van der Waals surface area contributed by atoms with Gasteiger partial charge in [0, 0.05) is 0 Å². The summed E-state index contributed by atoms with van der Waals surface area (Å²) in [4.78, 5) is 0. The maximum atomic E-state index is 10.1. The van der Waals surface area contributed by atoms with Gasteiger partial charge in [-0.15, -0.1) is 0 Å². The van der Waals surface area contributed by atoms with Gasteiger partial charge in [-0.2, -0.15) is 0 Å². The molecule has 3 fully saturated rings. The van der Waals surface area contributed by atoms with Gasteiger partial charge in [0.15, 0.2) is 0 Å². The molecule has 4 atom stereocenters. The Morgan fingerprint density at radius 2 is 1.91 bits per heavy atom. The van der Waals surface area contributed by atoms with Gasteiger partial charge in [0.05, 0.1) is 5.60 Å². The zero-order chi connectivity index (χ0) is 7.47. The van der Waals surface area contributed by atoms with Crippen LogP contribution in [0.25, 0.3) is 0 Å². The molecule has 0 spiro atoms. The summed E-state index contributed by atoms with van der Waals surface area (Å²) in [5.74, 6) is 2.81. The van der Waals surface area contributed by atoms with Gasteiger partial charge < -0.3 is 5.11 Å². The molecule has 4 unspecified atom stereocenters. The summed E-state index contributed by atoms with van der Waals surface area (Å²) in [6, 6.07) is 0. The first-order valence-corrected chi connectivity index (χ1v) is 4.98. The van der Waals surface area contributed by atoms with Crippen molar-refractivity contribution in [2.75, 3.05) is 0 Å². The SMILES string of the molecule is OC12CCC3CC(CC3C1)C2. The summed E-state index contributed by atoms with van der Waals surface area (Å²) in [5.41, 5.74) is -0.208. The quantitative estimate of drug-likeness (QED) is 0.562. The van der Waals surface area contributed by atoms with Crippen LogP contribution < -0.4 is 0 Å². The van der Waals surface area contributed by atoms with Crippen LogP contribution in [0.5, 0.6) is 0 Å². The fourth-order valence-corrected chi connectivity index (χ4v) is 3.87. The van der Waals surface area contributed by atoms with Crippen LogP contribution in [0.1, 0.15) is 38.5 Å². The summed E-state index contributed by atoms with van der Waals surface area (Å²) in [5, 5.41) is 10.1. The molecule has 0 amide bonds. The third kappa shape index (κ3) is 0.807. The van der Waals surface area contributed by atoms with Gasteiger partial charge in [0.25, 0.3) is 0 Å². The van der Waals surface area contributed by atoms with Gasteiger partial charge in [-0.25, -0.2) is 0 Å². The Morgan fingerprint density at radius 1 is 1.09 bits per heavy atom. The van der Waals surface area contributed by atoms with Gasteiger partial charge in [-0.3, -0.25) is 0 Å². The minimum Gasteiger partial charge on any atom is -0.390 e. The van der Waals surface area contributed by atoms with E-state index in [-0.39, 0.29) is 5.60 Å². The van der Waals surface area contributed by atoms with Crippen molar-refractivity contribution >= 4 is 0 Å². The summed E-state index contributed by atoms with van der Waals surface area (Å²) in [6.45, 7) is 0. The molecule has 0 aromatic heterocycles. The number of hydrogen-bond donors (Lipinski definition) is 1. The Bertz CT molecular complexity index is 185. The van der Waals surface area contributed by atoms with Crippen LogP contribution in [0, 0.1) is 17.8 Å². The summed E-state index contributed by atoms with van der Waals surface area (Å²) >= 11 is 0. The number of rotatable bonds is 0. The van der Waals surface area contributed by atoms with Crippen LogP contribution in [-0.2, 0) is 0 Å². The first-order chi connectivity index (χ1) is 5.25. The Labute approximate surface area is 67.8 Å². The first kappa shape index (κ1) is 6.47. The third-order valence-electron chi connectivity index (χ3n) is 4.23. The topological polar surface area (TPSA) is 20.2 Å². The van der Waals surface area contributed by atoms with Crippen LogP contribution >= 0.6 is 0 Å². The largest absolute Gasteiger partial charge is 0.390 e. The van der Waals surface area contributed by atoms with Crippen molar-refractivity contribution in [1.29, 1.82) is 0 Å². The normalized spacial score (nSPS) is 60.3. The lowest BCUT2D eigenvalue weighted by Gasteiger charge is -2.41. The fraction of sp³-hybridized carbons (Fsp3) is 1.00. The van der Waals surface area contributed by atoms with E-state index in [0.717, 1.165) is 37.0 Å². The van der Waals surface area contributed by atoms with E-state index in [4.69, 9.17) is 0 Å². The molecular formula is C10H16O. The van der Waals surface area contributed by atoms with E-state index in [2.05, 4.69) is 0 Å². The minimum absolute atomic E-state index is 0.208. The minimum atomic E-state index is -0.208. The highest BCUT2D eigenvalue weighted by Gasteiger charge is 2.50. The number of aliphatic hydroxyl groups is 1. The second-order valence-electron chi connectivity index (χ2n) is 5.03. The molecule has 0 aromatic carbocycles. The van der Waals surface area contributed by atoms with Crippen molar-refractivity contribution in [3.05, 3.63) is 0 Å². The smallest absolute Gasteiger partial charge is 0.0653 e. The average Bonchev–Trinajstić information content (AvgIpc) is 2.15. The summed E-state index contributed by atoms with van der Waals surface area (Å²) in [6.07, 6.45) is 7.55. The second-order valence-corrected chi connectivity index (χ2v) is 5.03. The molecule has 0 radical (unpaired) electrons. The molecule has 62 valence electrons. The van der Waals surface area contributed by atoms with E-state index in [9.17, 15) is 5.11 Å². The molecule has 0 aliphatic heterocycles. The van der Waals surface area contributed by atoms with Crippen molar-refractivity contribution in [1.82, 2.24) is 0 Å². The van der Waals surface area contributed by atoms with Crippen molar-refractivity contribution in [3.8, 4) is 0 Å². The van der Waals surface area contributed by atoms with Gasteiger partial charge >= 0.3 is 0 Å². The van der Waals surface area contributed by atoms with Gasteiger partial charge in [0.2, 0.25) is 0 Å². The molecule has 3 aliphatic rings. The van der Waals surface area contributed by atoms with Gasteiger partial charge in [-0.05, 0) is 56.3 Å². The van der Waals surface area contributed by atoms with Crippen LogP contribution in [0.2, 0.25) is 0 Å². The lowest BCUT2D eigenvalue weighted by molar-refractivity contribution is -0.0509. The first-order valence-electron chi connectivity index (χ1n) is 4.98. The molecule has 1 heteroatoms. The Balaban J connectivity index is 1.97. The molecule has 3 bridgehead atoms. The van der Waals surface area contributed by atoms with Crippen LogP contribution in [0.4, 0.5) is 0 Å². The molecule has 0 heterocycles. The van der Waals surface area contributed by atoms with Crippen molar-refractivity contribution in [2.45, 2.75) is 44.1 Å². The molecule has 1 N–H and O–H groups in total. The number of fused-ring (bicyclic) bond motifs is 2. The van der Waals surface area contributed by atoms with Gasteiger partial charge in [0.1, 0.15) is 0 Å². The van der Waals surface area contributed by atoms with Crippen LogP contribution in [0.3, 0.4) is 0 Å². The fourth-order valence-electron chi connectivity index (χ4n) is 3.87. The van der Waals surface area contributed by atoms with E-state index in [1.54, 1.807) is 0 Å². The molecule has 1 nitrogen and oxygen atoms in total. The summed E-state index contributed by atoms with van der Waals surface area (Å²) in [7, 11) is 0. The Kier molecular flexibility index (Phi) is 1.07. The maximum absolute atomic E-state index is 10.1. The zero-order valence-electron chi connectivity index (χ0n) is 6.92. The molecule has 3 rings (SSSR count). The van der Waals surface area contributed by atoms with E-state index >= 15 is 0 Å². The van der Waals surface area contributed by atoms with Crippen molar-refractivity contribution in [2.24, 2.45) is 17.8 Å². The lowest BCUT2D eigenvalue weighted by Crippen LogP contribution is -2.39. The number of hydrogen-bond acceptors (Lipinski definition) is 1. The van der Waals surface area contributed by atoms with E-state index in [0.29, 0.717) is 0 Å². The molecular weight excluding hydrogens is 136 g/mol. The Morgan fingerprint density at radius 3 is 2.82 bits per heavy atom. The predicted octanol–water partition coefficient (Wildman–Crippen LogP) is 1.95. The molecule has 3 aliphatic carbocycles. The average molecular weight is 152 g/mol. The maximum Gasteiger partial charge on any atom is 0.0653 e. The predicted molar refractivity (Wildman–Crippen MR) is 43.1 cm³/mol. The molecule has 3 saturated carbocycles. The van der Waals surface area contributed by atoms with Gasteiger partial charge in [-0.1, -0.05) is 0 Å². The van der Waals surface area contributed by atoms with E-state index in [1.807, 2.05) is 0 Å². The third-order valence-corrected chi connectivity index (χ3v) is 4.23. The van der Waals surface area contributed by atoms with E-state index in [1.165, 1.54) is 19.3 Å². The molecule has 0 saturated heterocycles.